The summed E-state index contributed by atoms with van der Waals surface area (Å²) in [7, 11) is 0. The van der Waals surface area contributed by atoms with Crippen LogP contribution in [0.2, 0.25) is 0 Å². The molecular weight excluding hydrogens is 320 g/mol. The summed E-state index contributed by atoms with van der Waals surface area (Å²) in [6.45, 7) is 1.25. The molecule has 0 radical (unpaired) electrons. The summed E-state index contributed by atoms with van der Waals surface area (Å²) in [6, 6.07) is 15.7. The van der Waals surface area contributed by atoms with Gasteiger partial charge in [-0.25, -0.2) is 0 Å². The van der Waals surface area contributed by atoms with Crippen molar-refractivity contribution in [1.29, 1.82) is 0 Å². The second-order valence-corrected chi connectivity index (χ2v) is 5.34. The van der Waals surface area contributed by atoms with Gasteiger partial charge in [0.05, 0.1) is 12.5 Å². The molecule has 0 bridgehead atoms. The molecule has 0 aliphatic heterocycles. The fourth-order valence-corrected chi connectivity index (χ4v) is 2.02. The van der Waals surface area contributed by atoms with Gasteiger partial charge in [-0.15, -0.1) is 0 Å². The van der Waals surface area contributed by atoms with E-state index in [1.54, 1.807) is 48.5 Å². The Balaban J connectivity index is 2.23. The van der Waals surface area contributed by atoms with Crippen molar-refractivity contribution in [2.24, 2.45) is 0 Å². The first-order chi connectivity index (χ1) is 12.0. The molecule has 0 saturated carbocycles. The predicted molar refractivity (Wildman–Crippen MR) is 91.1 cm³/mol. The van der Waals surface area contributed by atoms with E-state index in [1.165, 1.54) is 6.08 Å². The lowest BCUT2D eigenvalue weighted by Crippen LogP contribution is -2.41. The van der Waals surface area contributed by atoms with Crippen molar-refractivity contribution in [1.82, 2.24) is 10.6 Å². The lowest BCUT2D eigenvalue weighted by Gasteiger charge is -2.11. The monoisotopic (exact) mass is 337 g/mol. The largest absolute Gasteiger partial charge is 0.548 e. The minimum absolute atomic E-state index is 0.0574. The Morgan fingerprint density at radius 1 is 1.00 bits per heavy atom. The SMILES string of the molecule is Cc1ccc(C(=O)N/C(=C/c2ccccc2)C(=O)NCC(=O)[O-])cc1. The second-order valence-electron chi connectivity index (χ2n) is 5.34. The van der Waals surface area contributed by atoms with Crippen molar-refractivity contribution in [3.8, 4) is 0 Å². The average molecular weight is 337 g/mol. The van der Waals surface area contributed by atoms with Gasteiger partial charge in [-0.3, -0.25) is 9.59 Å². The number of rotatable bonds is 6. The molecule has 0 aromatic heterocycles. The number of carbonyl (C=O) groups excluding carboxylic acids is 3. The van der Waals surface area contributed by atoms with Gasteiger partial charge in [0.2, 0.25) is 0 Å². The van der Waals surface area contributed by atoms with Crippen LogP contribution in [0.4, 0.5) is 0 Å². The van der Waals surface area contributed by atoms with E-state index in [1.807, 2.05) is 13.0 Å². The van der Waals surface area contributed by atoms with Crippen LogP contribution in [-0.2, 0) is 9.59 Å². The van der Waals surface area contributed by atoms with Crippen LogP contribution in [-0.4, -0.2) is 24.3 Å². The molecule has 0 aliphatic rings. The van der Waals surface area contributed by atoms with Gasteiger partial charge < -0.3 is 20.5 Å². The Morgan fingerprint density at radius 3 is 2.24 bits per heavy atom. The number of hydrogen-bond acceptors (Lipinski definition) is 4. The van der Waals surface area contributed by atoms with Crippen LogP contribution < -0.4 is 15.7 Å². The quantitative estimate of drug-likeness (QED) is 0.756. The van der Waals surface area contributed by atoms with Crippen LogP contribution in [0.5, 0.6) is 0 Å². The minimum atomic E-state index is -1.42. The van der Waals surface area contributed by atoms with E-state index in [2.05, 4.69) is 10.6 Å². The van der Waals surface area contributed by atoms with E-state index >= 15 is 0 Å². The first-order valence-corrected chi connectivity index (χ1v) is 7.58. The zero-order chi connectivity index (χ0) is 18.2. The molecule has 0 aliphatic carbocycles. The van der Waals surface area contributed by atoms with Gasteiger partial charge in [-0.2, -0.15) is 0 Å². The number of hydrogen-bond donors (Lipinski definition) is 2. The highest BCUT2D eigenvalue weighted by molar-refractivity contribution is 6.05. The lowest BCUT2D eigenvalue weighted by molar-refractivity contribution is -0.303. The number of aliphatic carboxylic acids is 1. The smallest absolute Gasteiger partial charge is 0.268 e. The molecule has 0 atom stereocenters. The number of amides is 2. The molecule has 0 fully saturated rings. The molecular formula is C19H17N2O4-. The van der Waals surface area contributed by atoms with Crippen molar-refractivity contribution in [2.75, 3.05) is 6.54 Å². The molecule has 2 amide bonds. The van der Waals surface area contributed by atoms with Crippen molar-refractivity contribution >= 4 is 23.9 Å². The second kappa shape index (κ2) is 8.44. The predicted octanol–water partition coefficient (Wildman–Crippen LogP) is 0.632. The van der Waals surface area contributed by atoms with Crippen LogP contribution >= 0.6 is 0 Å². The Labute approximate surface area is 145 Å². The van der Waals surface area contributed by atoms with Gasteiger partial charge in [0.1, 0.15) is 5.70 Å². The summed E-state index contributed by atoms with van der Waals surface area (Å²) in [6.07, 6.45) is 1.47. The molecule has 2 aromatic carbocycles. The van der Waals surface area contributed by atoms with Gasteiger partial charge in [-0.1, -0.05) is 48.0 Å². The summed E-state index contributed by atoms with van der Waals surface area (Å²) in [5.41, 5.74) is 2.02. The fourth-order valence-electron chi connectivity index (χ4n) is 2.02. The summed E-state index contributed by atoms with van der Waals surface area (Å²) in [5, 5.41) is 15.2. The topological polar surface area (TPSA) is 98.3 Å². The highest BCUT2D eigenvalue weighted by Crippen LogP contribution is 2.08. The van der Waals surface area contributed by atoms with Gasteiger partial charge >= 0.3 is 0 Å². The Hall–Kier alpha value is -3.41. The maximum Gasteiger partial charge on any atom is 0.268 e. The van der Waals surface area contributed by atoms with E-state index < -0.39 is 24.3 Å². The molecule has 128 valence electrons. The van der Waals surface area contributed by atoms with Crippen LogP contribution in [0.25, 0.3) is 6.08 Å². The van der Waals surface area contributed by atoms with E-state index in [0.29, 0.717) is 11.1 Å². The standard InChI is InChI=1S/C19H18N2O4/c1-13-7-9-15(10-8-13)18(24)21-16(19(25)20-12-17(22)23)11-14-5-3-2-4-6-14/h2-11H,12H2,1H3,(H,20,25)(H,21,24)(H,22,23)/p-1/b16-11+. The molecule has 0 heterocycles. The van der Waals surface area contributed by atoms with Gasteiger partial charge in [0.25, 0.3) is 11.8 Å². The Morgan fingerprint density at radius 2 is 1.64 bits per heavy atom. The Kier molecular flexibility index (Phi) is 6.06. The lowest BCUT2D eigenvalue weighted by atomic mass is 10.1. The van der Waals surface area contributed by atoms with Crippen LogP contribution in [0.1, 0.15) is 21.5 Å². The molecule has 6 heteroatoms. The molecule has 0 spiro atoms. The summed E-state index contributed by atoms with van der Waals surface area (Å²) >= 11 is 0. The molecule has 2 rings (SSSR count). The maximum atomic E-state index is 12.3. The van der Waals surface area contributed by atoms with Crippen molar-refractivity contribution in [3.63, 3.8) is 0 Å². The number of carboxylic acids is 1. The molecule has 0 unspecified atom stereocenters. The van der Waals surface area contributed by atoms with Crippen LogP contribution in [0.15, 0.2) is 60.3 Å². The fraction of sp³-hybridized carbons (Fsp3) is 0.105. The first-order valence-electron chi connectivity index (χ1n) is 7.58. The third kappa shape index (κ3) is 5.62. The third-order valence-electron chi connectivity index (χ3n) is 3.31. The van der Waals surface area contributed by atoms with E-state index in [-0.39, 0.29) is 5.70 Å². The minimum Gasteiger partial charge on any atom is -0.548 e. The summed E-state index contributed by atoms with van der Waals surface area (Å²) in [5.74, 6) is -2.60. The van der Waals surface area contributed by atoms with Gasteiger partial charge in [-0.05, 0) is 30.7 Å². The third-order valence-corrected chi connectivity index (χ3v) is 3.31. The van der Waals surface area contributed by atoms with Crippen molar-refractivity contribution < 1.29 is 19.5 Å². The Bertz CT molecular complexity index is 796. The van der Waals surface area contributed by atoms with Crippen molar-refractivity contribution in [2.45, 2.75) is 6.92 Å². The number of benzene rings is 2. The van der Waals surface area contributed by atoms with E-state index in [0.717, 1.165) is 5.56 Å². The molecule has 0 saturated heterocycles. The zero-order valence-electron chi connectivity index (χ0n) is 13.6. The van der Waals surface area contributed by atoms with Gasteiger partial charge in [0.15, 0.2) is 0 Å². The number of carbonyl (C=O) groups is 3. The highest BCUT2D eigenvalue weighted by Gasteiger charge is 2.14. The van der Waals surface area contributed by atoms with Crippen LogP contribution in [0.3, 0.4) is 0 Å². The average Bonchev–Trinajstić information content (AvgIpc) is 2.60. The zero-order valence-corrected chi connectivity index (χ0v) is 13.6. The van der Waals surface area contributed by atoms with Crippen LogP contribution in [0, 0.1) is 6.92 Å². The number of nitrogens with one attached hydrogen (secondary N) is 2. The summed E-state index contributed by atoms with van der Waals surface area (Å²) < 4.78 is 0. The number of aryl methyl sites for hydroxylation is 1. The maximum absolute atomic E-state index is 12.3. The van der Waals surface area contributed by atoms with Crippen molar-refractivity contribution in [3.05, 3.63) is 77.0 Å². The van der Waals surface area contributed by atoms with E-state index in [9.17, 15) is 19.5 Å². The highest BCUT2D eigenvalue weighted by atomic mass is 16.4. The normalized spacial score (nSPS) is 10.8. The molecule has 6 nitrogen and oxygen atoms in total. The first kappa shape index (κ1) is 17.9. The van der Waals surface area contributed by atoms with E-state index in [4.69, 9.17) is 0 Å². The molecule has 2 N–H and O–H groups in total. The molecule has 25 heavy (non-hydrogen) atoms. The van der Waals surface area contributed by atoms with Gasteiger partial charge in [0, 0.05) is 5.56 Å². The number of carboxylic acid groups (broad SMARTS) is 1. The molecule has 2 aromatic rings. The summed E-state index contributed by atoms with van der Waals surface area (Å²) in [4.78, 5) is 35.1.